The first-order valence-electron chi connectivity index (χ1n) is 6.49. The van der Waals surface area contributed by atoms with Crippen LogP contribution in [0.15, 0.2) is 22.7 Å². The molecule has 0 saturated heterocycles. The fraction of sp³-hybridized carbons (Fsp3) is 0.400. The third kappa shape index (κ3) is 1.70. The second-order valence-corrected chi connectivity index (χ2v) is 5.23. The van der Waals surface area contributed by atoms with Gasteiger partial charge in [0.25, 0.3) is 0 Å². The lowest BCUT2D eigenvalue weighted by Gasteiger charge is -2.24. The van der Waals surface area contributed by atoms with Gasteiger partial charge in [-0.05, 0) is 43.4 Å². The van der Waals surface area contributed by atoms with Crippen LogP contribution in [0.1, 0.15) is 42.0 Å². The van der Waals surface area contributed by atoms with Crippen LogP contribution < -0.4 is 5.73 Å². The predicted molar refractivity (Wildman–Crippen MR) is 72.4 cm³/mol. The molecule has 1 aliphatic rings. The molecule has 0 spiro atoms. The summed E-state index contributed by atoms with van der Waals surface area (Å²) in [7, 11) is 0. The predicted octanol–water partition coefficient (Wildman–Crippen LogP) is 3.81. The van der Waals surface area contributed by atoms with Gasteiger partial charge in [0.15, 0.2) is 0 Å². The molecule has 2 aromatic rings. The normalized spacial score (nSPS) is 15.7. The van der Waals surface area contributed by atoms with Crippen LogP contribution in [0.3, 0.4) is 0 Å². The molecule has 0 atom stereocenters. The van der Waals surface area contributed by atoms with Gasteiger partial charge < -0.3 is 10.3 Å². The Balaban J connectivity index is 2.09. The van der Waals surface area contributed by atoms with Crippen LogP contribution >= 0.6 is 0 Å². The fourth-order valence-electron chi connectivity index (χ4n) is 2.46. The molecule has 0 radical (unpaired) electrons. The van der Waals surface area contributed by atoms with Gasteiger partial charge in [-0.1, -0.05) is 29.8 Å². The SMILES string of the molecule is Cc1ccc(-c2c(C3CCC3)noc2N)cc1C. The van der Waals surface area contributed by atoms with Crippen molar-refractivity contribution in [3.63, 3.8) is 0 Å². The molecule has 1 aromatic heterocycles. The highest BCUT2D eigenvalue weighted by molar-refractivity contribution is 5.76. The van der Waals surface area contributed by atoms with E-state index >= 15 is 0 Å². The number of rotatable bonds is 2. The van der Waals surface area contributed by atoms with E-state index in [2.05, 4.69) is 37.2 Å². The van der Waals surface area contributed by atoms with Crippen LogP contribution in [0, 0.1) is 13.8 Å². The molecule has 1 heterocycles. The second-order valence-electron chi connectivity index (χ2n) is 5.23. The van der Waals surface area contributed by atoms with Crippen molar-refractivity contribution in [3.8, 4) is 11.1 Å². The molecule has 3 nitrogen and oxygen atoms in total. The lowest BCUT2D eigenvalue weighted by molar-refractivity contribution is 0.369. The Bertz CT molecular complexity index is 582. The summed E-state index contributed by atoms with van der Waals surface area (Å²) in [4.78, 5) is 0. The number of nitrogen functional groups attached to an aromatic ring is 1. The standard InChI is InChI=1S/C15H18N2O/c1-9-6-7-12(8-10(9)2)13-14(11-4-3-5-11)17-18-15(13)16/h6-8,11H,3-5,16H2,1-2H3. The molecular weight excluding hydrogens is 224 g/mol. The highest BCUT2D eigenvalue weighted by Gasteiger charge is 2.28. The van der Waals surface area contributed by atoms with E-state index < -0.39 is 0 Å². The Morgan fingerprint density at radius 2 is 2.00 bits per heavy atom. The highest BCUT2D eigenvalue weighted by atomic mass is 16.5. The minimum Gasteiger partial charge on any atom is -0.367 e. The average molecular weight is 242 g/mol. The molecule has 3 rings (SSSR count). The maximum atomic E-state index is 5.95. The van der Waals surface area contributed by atoms with Crippen LogP contribution in [0.25, 0.3) is 11.1 Å². The van der Waals surface area contributed by atoms with E-state index in [0.29, 0.717) is 11.8 Å². The monoisotopic (exact) mass is 242 g/mol. The van der Waals surface area contributed by atoms with Crippen molar-refractivity contribution in [2.24, 2.45) is 0 Å². The molecule has 0 bridgehead atoms. The molecule has 2 N–H and O–H groups in total. The lowest BCUT2D eigenvalue weighted by Crippen LogP contribution is -2.10. The quantitative estimate of drug-likeness (QED) is 0.871. The van der Waals surface area contributed by atoms with Gasteiger partial charge >= 0.3 is 0 Å². The number of hydrogen-bond acceptors (Lipinski definition) is 3. The molecule has 94 valence electrons. The molecule has 3 heteroatoms. The van der Waals surface area contributed by atoms with Crippen LogP contribution in [0.5, 0.6) is 0 Å². The summed E-state index contributed by atoms with van der Waals surface area (Å²) < 4.78 is 5.20. The number of nitrogens with two attached hydrogens (primary N) is 1. The summed E-state index contributed by atoms with van der Waals surface area (Å²) in [6, 6.07) is 6.40. The molecule has 1 aromatic carbocycles. The van der Waals surface area contributed by atoms with E-state index in [-0.39, 0.29) is 0 Å². The Labute approximate surface area is 107 Å². The zero-order chi connectivity index (χ0) is 12.7. The van der Waals surface area contributed by atoms with Crippen molar-refractivity contribution in [1.29, 1.82) is 0 Å². The third-order valence-corrected chi connectivity index (χ3v) is 4.03. The van der Waals surface area contributed by atoms with Crippen molar-refractivity contribution < 1.29 is 4.52 Å². The smallest absolute Gasteiger partial charge is 0.230 e. The average Bonchev–Trinajstić information content (AvgIpc) is 2.62. The van der Waals surface area contributed by atoms with E-state index in [4.69, 9.17) is 10.3 Å². The van der Waals surface area contributed by atoms with Gasteiger partial charge in [-0.25, -0.2) is 0 Å². The van der Waals surface area contributed by atoms with Crippen LogP contribution in [-0.2, 0) is 0 Å². The minimum atomic E-state index is 0.445. The Kier molecular flexibility index (Phi) is 2.62. The molecule has 0 aliphatic heterocycles. The number of aromatic nitrogens is 1. The number of anilines is 1. The van der Waals surface area contributed by atoms with E-state index in [9.17, 15) is 0 Å². The van der Waals surface area contributed by atoms with Gasteiger partial charge in [0.05, 0.1) is 11.3 Å². The fourth-order valence-corrected chi connectivity index (χ4v) is 2.46. The number of benzene rings is 1. The third-order valence-electron chi connectivity index (χ3n) is 4.03. The van der Waals surface area contributed by atoms with E-state index in [0.717, 1.165) is 16.8 Å². The van der Waals surface area contributed by atoms with Crippen LogP contribution in [0.2, 0.25) is 0 Å². The van der Waals surface area contributed by atoms with E-state index in [1.165, 1.54) is 30.4 Å². The van der Waals surface area contributed by atoms with E-state index in [1.54, 1.807) is 0 Å². The summed E-state index contributed by atoms with van der Waals surface area (Å²) in [6.07, 6.45) is 3.68. The van der Waals surface area contributed by atoms with Gasteiger partial charge in [0.1, 0.15) is 0 Å². The summed E-state index contributed by atoms with van der Waals surface area (Å²) in [5, 5.41) is 4.17. The minimum absolute atomic E-state index is 0.445. The van der Waals surface area contributed by atoms with Crippen LogP contribution in [-0.4, -0.2) is 5.16 Å². The lowest BCUT2D eigenvalue weighted by atomic mass is 9.80. The van der Waals surface area contributed by atoms with Crippen LogP contribution in [0.4, 0.5) is 5.88 Å². The Hall–Kier alpha value is -1.77. The highest BCUT2D eigenvalue weighted by Crippen LogP contribution is 2.43. The first-order chi connectivity index (χ1) is 8.66. The van der Waals surface area contributed by atoms with Crippen molar-refractivity contribution >= 4 is 5.88 Å². The first kappa shape index (κ1) is 11.3. The van der Waals surface area contributed by atoms with Crippen molar-refractivity contribution in [2.75, 3.05) is 5.73 Å². The molecule has 0 amide bonds. The van der Waals surface area contributed by atoms with Gasteiger partial charge in [-0.15, -0.1) is 0 Å². The molecule has 1 saturated carbocycles. The molecule has 1 aliphatic carbocycles. The topological polar surface area (TPSA) is 52.0 Å². The summed E-state index contributed by atoms with van der Waals surface area (Å²) in [5.41, 5.74) is 11.7. The maximum absolute atomic E-state index is 5.95. The molecule has 18 heavy (non-hydrogen) atoms. The Morgan fingerprint density at radius 3 is 2.61 bits per heavy atom. The van der Waals surface area contributed by atoms with Crippen molar-refractivity contribution in [3.05, 3.63) is 35.0 Å². The van der Waals surface area contributed by atoms with Crippen molar-refractivity contribution in [1.82, 2.24) is 5.16 Å². The summed E-state index contributed by atoms with van der Waals surface area (Å²) in [5.74, 6) is 0.975. The first-order valence-corrected chi connectivity index (χ1v) is 6.49. The number of aryl methyl sites for hydroxylation is 2. The maximum Gasteiger partial charge on any atom is 0.230 e. The van der Waals surface area contributed by atoms with E-state index in [1.807, 2.05) is 0 Å². The molecule has 0 unspecified atom stereocenters. The largest absolute Gasteiger partial charge is 0.367 e. The van der Waals surface area contributed by atoms with Gasteiger partial charge in [0.2, 0.25) is 5.88 Å². The molecule has 1 fully saturated rings. The summed E-state index contributed by atoms with van der Waals surface area (Å²) in [6.45, 7) is 4.23. The number of hydrogen-bond donors (Lipinski definition) is 1. The van der Waals surface area contributed by atoms with Crippen molar-refractivity contribution in [2.45, 2.75) is 39.0 Å². The number of nitrogens with zero attached hydrogens (tertiary/aromatic N) is 1. The summed E-state index contributed by atoms with van der Waals surface area (Å²) >= 11 is 0. The Morgan fingerprint density at radius 1 is 1.22 bits per heavy atom. The van der Waals surface area contributed by atoms with Gasteiger partial charge in [-0.2, -0.15) is 0 Å². The van der Waals surface area contributed by atoms with Gasteiger partial charge in [-0.3, -0.25) is 0 Å². The zero-order valence-corrected chi connectivity index (χ0v) is 10.9. The zero-order valence-electron chi connectivity index (χ0n) is 10.9. The molecular formula is C15H18N2O. The van der Waals surface area contributed by atoms with Gasteiger partial charge in [0, 0.05) is 5.92 Å². The second kappa shape index (κ2) is 4.16.